The Balaban J connectivity index is 2.40. The average molecular weight is 389 g/mol. The first-order valence-corrected chi connectivity index (χ1v) is 8.69. The molecule has 11 heteroatoms. The molecular formula is C15H7N3O6S2. The molecule has 0 unspecified atom stereocenters. The van der Waals surface area contributed by atoms with Crippen LogP contribution in [0.25, 0.3) is 0 Å². The van der Waals surface area contributed by atoms with Gasteiger partial charge in [0, 0.05) is 4.90 Å². The number of H-pyrrole nitrogens is 1. The van der Waals surface area contributed by atoms with E-state index in [2.05, 4.69) is 4.98 Å². The van der Waals surface area contributed by atoms with Gasteiger partial charge in [0.2, 0.25) is 0 Å². The normalized spacial score (nSPS) is 9.92. The third-order valence-corrected chi connectivity index (χ3v) is 5.40. The predicted octanol–water partition coefficient (Wildman–Crippen LogP) is 2.02. The van der Waals surface area contributed by atoms with Crippen molar-refractivity contribution in [3.63, 3.8) is 0 Å². The molecule has 1 aromatic heterocycles. The van der Waals surface area contributed by atoms with Gasteiger partial charge in [-0.05, 0) is 39.8 Å². The maximum atomic E-state index is 11.7. The Labute approximate surface area is 152 Å². The summed E-state index contributed by atoms with van der Waals surface area (Å²) in [6.07, 6.45) is 0. The average Bonchev–Trinajstić information content (AvgIpc) is 2.59. The van der Waals surface area contributed by atoms with Crippen molar-refractivity contribution in [2.75, 3.05) is 0 Å². The van der Waals surface area contributed by atoms with Gasteiger partial charge in [0.25, 0.3) is 5.56 Å². The van der Waals surface area contributed by atoms with Gasteiger partial charge >= 0.3 is 11.9 Å². The van der Waals surface area contributed by atoms with Gasteiger partial charge < -0.3 is 20.3 Å². The molecule has 0 fully saturated rings. The zero-order valence-corrected chi connectivity index (χ0v) is 14.1. The van der Waals surface area contributed by atoms with Crippen molar-refractivity contribution in [2.45, 2.75) is 9.92 Å². The number of nitrogens with zero attached hydrogens (tertiary/aromatic N) is 2. The molecule has 2 rings (SSSR count). The molecule has 0 amide bonds. The van der Waals surface area contributed by atoms with Crippen molar-refractivity contribution in [3.05, 3.63) is 50.8 Å². The molecule has 130 valence electrons. The summed E-state index contributed by atoms with van der Waals surface area (Å²) < 4.78 is 0. The van der Waals surface area contributed by atoms with Gasteiger partial charge in [-0.3, -0.25) is 4.79 Å². The minimum absolute atomic E-state index is 0.0271. The molecule has 1 aromatic carbocycles. The SMILES string of the molecule is N#Cc1cc(C(=O)O)c(O)cc1SSc1[nH]c(=O)c(C(=O)O)cc1C#N. The minimum atomic E-state index is -1.48. The lowest BCUT2D eigenvalue weighted by Crippen LogP contribution is -2.18. The molecule has 0 aliphatic rings. The summed E-state index contributed by atoms with van der Waals surface area (Å²) in [7, 11) is 1.73. The van der Waals surface area contributed by atoms with E-state index in [1.54, 1.807) is 12.1 Å². The summed E-state index contributed by atoms with van der Waals surface area (Å²) >= 11 is 0. The predicted molar refractivity (Wildman–Crippen MR) is 90.2 cm³/mol. The van der Waals surface area contributed by atoms with Gasteiger partial charge in [0.15, 0.2) is 0 Å². The van der Waals surface area contributed by atoms with E-state index in [4.69, 9.17) is 20.7 Å². The maximum Gasteiger partial charge on any atom is 0.341 e. The molecule has 0 radical (unpaired) electrons. The van der Waals surface area contributed by atoms with Gasteiger partial charge in [-0.2, -0.15) is 10.5 Å². The van der Waals surface area contributed by atoms with Crippen LogP contribution in [0, 0.1) is 22.7 Å². The lowest BCUT2D eigenvalue weighted by Gasteiger charge is -2.08. The Morgan fingerprint density at radius 1 is 0.962 bits per heavy atom. The van der Waals surface area contributed by atoms with Crippen LogP contribution >= 0.6 is 21.6 Å². The Morgan fingerprint density at radius 3 is 2.08 bits per heavy atom. The zero-order valence-electron chi connectivity index (χ0n) is 12.5. The number of carboxylic acid groups (broad SMARTS) is 2. The quantitative estimate of drug-likeness (QED) is 0.553. The van der Waals surface area contributed by atoms with E-state index < -0.39 is 34.4 Å². The summed E-state index contributed by atoms with van der Waals surface area (Å²) in [4.78, 5) is 36.1. The van der Waals surface area contributed by atoms with Crippen molar-refractivity contribution in [1.82, 2.24) is 4.98 Å². The van der Waals surface area contributed by atoms with E-state index >= 15 is 0 Å². The summed E-state index contributed by atoms with van der Waals surface area (Å²) in [5, 5.41) is 45.9. The number of carbonyl (C=O) groups is 2. The third kappa shape index (κ3) is 3.80. The first kappa shape index (κ1) is 18.9. The highest BCUT2D eigenvalue weighted by Crippen LogP contribution is 2.41. The number of carboxylic acids is 2. The number of aromatic carboxylic acids is 2. The highest BCUT2D eigenvalue weighted by atomic mass is 33.1. The van der Waals surface area contributed by atoms with E-state index in [0.717, 1.165) is 39.8 Å². The molecule has 0 saturated heterocycles. The second-order valence-corrected chi connectivity index (χ2v) is 6.80. The Morgan fingerprint density at radius 2 is 1.54 bits per heavy atom. The molecule has 0 saturated carbocycles. The number of pyridine rings is 1. The molecule has 0 bridgehead atoms. The van der Waals surface area contributed by atoms with Crippen molar-refractivity contribution in [3.8, 4) is 17.9 Å². The topological polar surface area (TPSA) is 175 Å². The van der Waals surface area contributed by atoms with Gasteiger partial charge in [-0.25, -0.2) is 9.59 Å². The van der Waals surface area contributed by atoms with Gasteiger partial charge in [-0.1, -0.05) is 0 Å². The smallest absolute Gasteiger partial charge is 0.341 e. The summed E-state index contributed by atoms with van der Waals surface area (Å²) in [5.41, 5.74) is -2.04. The van der Waals surface area contributed by atoms with E-state index in [-0.39, 0.29) is 21.0 Å². The van der Waals surface area contributed by atoms with Crippen LogP contribution in [0.2, 0.25) is 0 Å². The molecule has 0 spiro atoms. The number of hydrogen-bond donors (Lipinski definition) is 4. The molecule has 4 N–H and O–H groups in total. The van der Waals surface area contributed by atoms with Crippen LogP contribution in [0.15, 0.2) is 32.9 Å². The highest BCUT2D eigenvalue weighted by Gasteiger charge is 2.18. The van der Waals surface area contributed by atoms with E-state index in [1.807, 2.05) is 0 Å². The molecule has 0 atom stereocenters. The monoisotopic (exact) mass is 389 g/mol. The molecular weight excluding hydrogens is 382 g/mol. The van der Waals surface area contributed by atoms with Crippen LogP contribution in [-0.2, 0) is 0 Å². The van der Waals surface area contributed by atoms with Crippen LogP contribution in [-0.4, -0.2) is 32.2 Å². The number of rotatable bonds is 5. The number of nitrogens with one attached hydrogen (secondary N) is 1. The number of benzene rings is 1. The molecule has 1 heterocycles. The van der Waals surface area contributed by atoms with Crippen LogP contribution in [0.3, 0.4) is 0 Å². The molecule has 9 nitrogen and oxygen atoms in total. The highest BCUT2D eigenvalue weighted by molar-refractivity contribution is 8.76. The number of aromatic hydroxyl groups is 1. The standard InChI is InChI=1S/C15H7N3O6S2/c16-4-6-1-8(14(21)22)10(19)3-11(6)25-26-13-7(5-17)2-9(15(23)24)12(20)18-13/h1-3,19H,(H,18,20)(H,21,22)(H,23,24). The Kier molecular flexibility index (Phi) is 5.57. The first-order valence-electron chi connectivity index (χ1n) is 6.54. The van der Waals surface area contributed by atoms with Crippen molar-refractivity contribution >= 4 is 33.5 Å². The van der Waals surface area contributed by atoms with Crippen LogP contribution < -0.4 is 5.56 Å². The maximum absolute atomic E-state index is 11.7. The fourth-order valence-electron chi connectivity index (χ4n) is 1.80. The van der Waals surface area contributed by atoms with Crippen LogP contribution in [0.4, 0.5) is 0 Å². The van der Waals surface area contributed by atoms with Crippen molar-refractivity contribution in [1.29, 1.82) is 10.5 Å². The van der Waals surface area contributed by atoms with E-state index in [0.29, 0.717) is 0 Å². The lowest BCUT2D eigenvalue weighted by molar-refractivity contribution is 0.0683. The van der Waals surface area contributed by atoms with Gasteiger partial charge in [0.1, 0.15) is 34.0 Å². The van der Waals surface area contributed by atoms with Crippen LogP contribution in [0.5, 0.6) is 5.75 Å². The first-order chi connectivity index (χ1) is 12.3. The molecule has 0 aliphatic carbocycles. The fraction of sp³-hybridized carbons (Fsp3) is 0. The molecule has 2 aromatic rings. The number of aromatic nitrogens is 1. The Bertz CT molecular complexity index is 1060. The number of phenols is 1. The summed E-state index contributed by atoms with van der Waals surface area (Å²) in [6, 6.07) is 6.57. The lowest BCUT2D eigenvalue weighted by atomic mass is 10.1. The fourth-order valence-corrected chi connectivity index (χ4v) is 3.99. The number of aromatic amines is 1. The molecule has 0 aliphatic heterocycles. The van der Waals surface area contributed by atoms with Gasteiger partial charge in [0.05, 0.1) is 11.1 Å². The largest absolute Gasteiger partial charge is 0.507 e. The van der Waals surface area contributed by atoms with Crippen LogP contribution in [0.1, 0.15) is 31.8 Å². The molecule has 26 heavy (non-hydrogen) atoms. The number of nitriles is 2. The minimum Gasteiger partial charge on any atom is -0.507 e. The second-order valence-electron chi connectivity index (χ2n) is 4.62. The third-order valence-electron chi connectivity index (χ3n) is 3.02. The van der Waals surface area contributed by atoms with Crippen molar-refractivity contribution < 1.29 is 24.9 Å². The number of hydrogen-bond acceptors (Lipinski definition) is 8. The summed E-state index contributed by atoms with van der Waals surface area (Å²) in [6.45, 7) is 0. The second kappa shape index (κ2) is 7.65. The van der Waals surface area contributed by atoms with Crippen molar-refractivity contribution in [2.24, 2.45) is 0 Å². The van der Waals surface area contributed by atoms with Gasteiger partial charge in [-0.15, -0.1) is 0 Å². The van der Waals surface area contributed by atoms with E-state index in [1.165, 1.54) is 0 Å². The zero-order chi connectivity index (χ0) is 19.4. The Hall–Kier alpha value is -3.41. The van der Waals surface area contributed by atoms with E-state index in [9.17, 15) is 19.5 Å². The summed E-state index contributed by atoms with van der Waals surface area (Å²) in [5.74, 6) is -3.42.